The molecule has 4 heteroatoms. The molecule has 1 aliphatic rings. The van der Waals surface area contributed by atoms with Crippen LogP contribution < -0.4 is 4.74 Å². The highest BCUT2D eigenvalue weighted by Gasteiger charge is 2.40. The van der Waals surface area contributed by atoms with Crippen molar-refractivity contribution >= 4 is 17.3 Å². The zero-order chi connectivity index (χ0) is 21.6. The monoisotopic (exact) mass is 412 g/mol. The van der Waals surface area contributed by atoms with Gasteiger partial charge in [-0.05, 0) is 34.7 Å². The van der Waals surface area contributed by atoms with Crippen LogP contribution in [-0.4, -0.2) is 17.3 Å². The summed E-state index contributed by atoms with van der Waals surface area (Å²) in [6.07, 6.45) is 0.536. The van der Waals surface area contributed by atoms with Gasteiger partial charge in [-0.1, -0.05) is 72.8 Å². The fourth-order valence-corrected chi connectivity index (χ4v) is 4.04. The van der Waals surface area contributed by atoms with Gasteiger partial charge in [0.25, 0.3) is 0 Å². The predicted octanol–water partition coefficient (Wildman–Crippen LogP) is 4.71. The summed E-state index contributed by atoms with van der Waals surface area (Å²) in [5.74, 6) is -1.41. The molecular formula is C27H24O4. The maximum absolute atomic E-state index is 12.8. The van der Waals surface area contributed by atoms with Gasteiger partial charge in [0.2, 0.25) is 0 Å². The molecule has 0 saturated heterocycles. The van der Waals surface area contributed by atoms with Crippen molar-refractivity contribution in [3.63, 3.8) is 0 Å². The van der Waals surface area contributed by atoms with Crippen LogP contribution in [0, 0.1) is 5.92 Å². The van der Waals surface area contributed by atoms with Crippen molar-refractivity contribution < 1.29 is 19.1 Å². The maximum atomic E-state index is 12.8. The summed E-state index contributed by atoms with van der Waals surface area (Å²) >= 11 is 0. The molecule has 4 nitrogen and oxygen atoms in total. The molecule has 0 atom stereocenters. The van der Waals surface area contributed by atoms with Crippen LogP contribution in [0.5, 0.6) is 5.75 Å². The van der Waals surface area contributed by atoms with Crippen molar-refractivity contribution in [3.8, 4) is 5.75 Å². The van der Waals surface area contributed by atoms with E-state index in [4.69, 9.17) is 4.74 Å². The molecule has 4 rings (SSSR count). The largest absolute Gasteiger partial charge is 0.489 e. The Balaban J connectivity index is 1.34. The smallest absolute Gasteiger partial charge is 0.155 e. The zero-order valence-corrected chi connectivity index (χ0v) is 17.2. The highest BCUT2D eigenvalue weighted by molar-refractivity contribution is 6.21. The van der Waals surface area contributed by atoms with Crippen LogP contribution >= 0.6 is 0 Å². The Morgan fingerprint density at radius 3 is 1.94 bits per heavy atom. The molecule has 0 radical (unpaired) electrons. The van der Waals surface area contributed by atoms with Crippen molar-refractivity contribution in [2.75, 3.05) is 0 Å². The van der Waals surface area contributed by atoms with E-state index in [1.807, 2.05) is 84.9 Å². The molecule has 0 aromatic heterocycles. The van der Waals surface area contributed by atoms with Gasteiger partial charge in [-0.2, -0.15) is 0 Å². The van der Waals surface area contributed by atoms with Crippen LogP contribution in [0.3, 0.4) is 0 Å². The lowest BCUT2D eigenvalue weighted by Crippen LogP contribution is -2.38. The van der Waals surface area contributed by atoms with Crippen LogP contribution in [0.4, 0.5) is 0 Å². The van der Waals surface area contributed by atoms with E-state index in [9.17, 15) is 14.4 Å². The molecule has 0 aliphatic heterocycles. The van der Waals surface area contributed by atoms with Gasteiger partial charge in [0.05, 0.1) is 0 Å². The SMILES string of the molecule is O=C(Cc1ccc(OCc2ccccc2)cc1)C1C(=O)CC(c2ccccc2)CC1=O. The van der Waals surface area contributed by atoms with Gasteiger partial charge in [0.15, 0.2) is 17.3 Å². The van der Waals surface area contributed by atoms with E-state index in [1.54, 1.807) is 0 Å². The summed E-state index contributed by atoms with van der Waals surface area (Å²) in [6.45, 7) is 0.465. The molecule has 1 fully saturated rings. The lowest BCUT2D eigenvalue weighted by Gasteiger charge is -2.26. The summed E-state index contributed by atoms with van der Waals surface area (Å²) in [7, 11) is 0. The Kier molecular flexibility index (Phi) is 6.37. The summed E-state index contributed by atoms with van der Waals surface area (Å²) in [5.41, 5.74) is 2.81. The topological polar surface area (TPSA) is 60.4 Å². The second kappa shape index (κ2) is 9.52. The predicted molar refractivity (Wildman–Crippen MR) is 118 cm³/mol. The highest BCUT2D eigenvalue weighted by atomic mass is 16.5. The molecule has 0 amide bonds. The number of ketones is 3. The van der Waals surface area contributed by atoms with Crippen molar-refractivity contribution in [3.05, 3.63) is 102 Å². The van der Waals surface area contributed by atoms with E-state index in [2.05, 4.69) is 0 Å². The average Bonchev–Trinajstić information content (AvgIpc) is 2.79. The van der Waals surface area contributed by atoms with Crippen molar-refractivity contribution in [1.29, 1.82) is 0 Å². The maximum Gasteiger partial charge on any atom is 0.155 e. The highest BCUT2D eigenvalue weighted by Crippen LogP contribution is 2.32. The molecule has 0 spiro atoms. The lowest BCUT2D eigenvalue weighted by molar-refractivity contribution is -0.142. The molecular weight excluding hydrogens is 388 g/mol. The number of rotatable bonds is 7. The molecule has 1 saturated carbocycles. The number of ether oxygens (including phenoxy) is 1. The fraction of sp³-hybridized carbons (Fsp3) is 0.222. The zero-order valence-electron chi connectivity index (χ0n) is 17.2. The molecule has 0 unspecified atom stereocenters. The molecule has 3 aromatic rings. The van der Waals surface area contributed by atoms with Crippen LogP contribution in [0.25, 0.3) is 0 Å². The Bertz CT molecular complexity index is 1040. The van der Waals surface area contributed by atoms with Crippen LogP contribution in [-0.2, 0) is 27.4 Å². The number of carbonyl (C=O) groups excluding carboxylic acids is 3. The minimum atomic E-state index is -1.13. The van der Waals surface area contributed by atoms with Crippen LogP contribution in [0.15, 0.2) is 84.9 Å². The Labute approximate surface area is 181 Å². The van der Waals surface area contributed by atoms with E-state index in [-0.39, 0.29) is 42.5 Å². The van der Waals surface area contributed by atoms with Gasteiger partial charge in [-0.15, -0.1) is 0 Å². The van der Waals surface area contributed by atoms with Crippen molar-refractivity contribution in [2.24, 2.45) is 5.92 Å². The summed E-state index contributed by atoms with van der Waals surface area (Å²) in [6, 6.07) is 26.6. The molecule has 3 aromatic carbocycles. The molecule has 156 valence electrons. The number of carbonyl (C=O) groups is 3. The van der Waals surface area contributed by atoms with E-state index >= 15 is 0 Å². The molecule has 0 N–H and O–H groups in total. The molecule has 1 aliphatic carbocycles. The van der Waals surface area contributed by atoms with Gasteiger partial charge >= 0.3 is 0 Å². The third-order valence-electron chi connectivity index (χ3n) is 5.68. The van der Waals surface area contributed by atoms with Crippen molar-refractivity contribution in [2.45, 2.75) is 31.8 Å². The van der Waals surface area contributed by atoms with E-state index in [0.29, 0.717) is 12.4 Å². The number of hydrogen-bond acceptors (Lipinski definition) is 4. The van der Waals surface area contributed by atoms with Crippen LogP contribution in [0.1, 0.15) is 35.4 Å². The molecule has 0 bridgehead atoms. The molecule has 31 heavy (non-hydrogen) atoms. The number of hydrogen-bond donors (Lipinski definition) is 0. The average molecular weight is 412 g/mol. The Morgan fingerprint density at radius 2 is 1.32 bits per heavy atom. The molecule has 0 heterocycles. The first-order valence-corrected chi connectivity index (χ1v) is 10.5. The second-order valence-electron chi connectivity index (χ2n) is 7.94. The van der Waals surface area contributed by atoms with E-state index < -0.39 is 5.92 Å². The quantitative estimate of drug-likeness (QED) is 0.528. The minimum absolute atomic E-state index is 0.0666. The van der Waals surface area contributed by atoms with Gasteiger partial charge in [-0.3, -0.25) is 14.4 Å². The summed E-state index contributed by atoms with van der Waals surface area (Å²) < 4.78 is 5.76. The van der Waals surface area contributed by atoms with Gasteiger partial charge in [0.1, 0.15) is 18.3 Å². The first kappa shape index (κ1) is 20.7. The first-order chi connectivity index (χ1) is 15.1. The Morgan fingerprint density at radius 1 is 0.742 bits per heavy atom. The van der Waals surface area contributed by atoms with Gasteiger partial charge < -0.3 is 4.74 Å². The van der Waals surface area contributed by atoms with Gasteiger partial charge in [-0.25, -0.2) is 0 Å². The number of benzene rings is 3. The Hall–Kier alpha value is -3.53. The minimum Gasteiger partial charge on any atom is -0.489 e. The van der Waals surface area contributed by atoms with Crippen LogP contribution in [0.2, 0.25) is 0 Å². The van der Waals surface area contributed by atoms with Gasteiger partial charge in [0, 0.05) is 19.3 Å². The normalized spacial score (nSPS) is 18.6. The summed E-state index contributed by atoms with van der Waals surface area (Å²) in [4.78, 5) is 38.0. The lowest BCUT2D eigenvalue weighted by atomic mass is 9.74. The third-order valence-corrected chi connectivity index (χ3v) is 5.68. The second-order valence-corrected chi connectivity index (χ2v) is 7.94. The van der Waals surface area contributed by atoms with Crippen molar-refractivity contribution in [1.82, 2.24) is 0 Å². The first-order valence-electron chi connectivity index (χ1n) is 10.5. The summed E-state index contributed by atoms with van der Waals surface area (Å²) in [5, 5.41) is 0. The number of Topliss-reactive ketones (excluding diaryl/α,β-unsaturated/α-hetero) is 3. The van der Waals surface area contributed by atoms with E-state index in [0.717, 1.165) is 16.7 Å². The van der Waals surface area contributed by atoms with E-state index in [1.165, 1.54) is 0 Å². The third kappa shape index (κ3) is 5.15. The standard InChI is InChI=1S/C27H24O4/c28-24(27-25(29)16-22(17-26(27)30)21-9-5-2-6-10-21)15-19-11-13-23(14-12-19)31-18-20-7-3-1-4-8-20/h1-14,22,27H,15-18H2. The fourth-order valence-electron chi connectivity index (χ4n) is 4.04.